The van der Waals surface area contributed by atoms with Crippen LogP contribution in [-0.4, -0.2) is 53.5 Å². The molecular weight excluding hydrogens is 300 g/mol. The molecule has 1 N–H and O–H groups in total. The lowest BCUT2D eigenvalue weighted by molar-refractivity contribution is -0.132. The third kappa shape index (κ3) is 2.86. The van der Waals surface area contributed by atoms with Gasteiger partial charge in [0.05, 0.1) is 11.3 Å². The van der Waals surface area contributed by atoms with Crippen LogP contribution in [0.15, 0.2) is 18.2 Å². The van der Waals surface area contributed by atoms with Crippen molar-refractivity contribution in [3.05, 3.63) is 23.8 Å². The van der Waals surface area contributed by atoms with Gasteiger partial charge in [-0.05, 0) is 38.0 Å². The summed E-state index contributed by atoms with van der Waals surface area (Å²) in [4.78, 5) is 38.9. The number of hydrogen-bond acceptors (Lipinski definition) is 4. The second kappa shape index (κ2) is 5.91. The molecule has 1 atom stereocenters. The Morgan fingerprint density at radius 2 is 2.00 bits per heavy atom. The Labute approximate surface area is 133 Å². The fourth-order valence-corrected chi connectivity index (χ4v) is 2.91. The predicted octanol–water partition coefficient (Wildman–Crippen LogP) is 1.12. The van der Waals surface area contributed by atoms with Gasteiger partial charge in [0.2, 0.25) is 5.91 Å². The molecule has 1 saturated heterocycles. The molecule has 2 aliphatic heterocycles. The third-order valence-corrected chi connectivity index (χ3v) is 4.17. The first kappa shape index (κ1) is 15.3. The van der Waals surface area contributed by atoms with E-state index in [4.69, 9.17) is 9.84 Å². The maximum absolute atomic E-state index is 12.4. The predicted molar refractivity (Wildman–Crippen MR) is 81.7 cm³/mol. The molecule has 1 aromatic carbocycles. The van der Waals surface area contributed by atoms with Crippen molar-refractivity contribution in [2.75, 3.05) is 24.5 Å². The van der Waals surface area contributed by atoms with Gasteiger partial charge in [-0.1, -0.05) is 0 Å². The molecule has 0 spiro atoms. The largest absolute Gasteiger partial charge is 0.479 e. The van der Waals surface area contributed by atoms with E-state index in [2.05, 4.69) is 0 Å². The lowest BCUT2D eigenvalue weighted by atomic mass is 10.1. The van der Waals surface area contributed by atoms with Crippen LogP contribution in [0.5, 0.6) is 5.75 Å². The van der Waals surface area contributed by atoms with E-state index in [0.717, 1.165) is 25.9 Å². The number of likely N-dealkylation sites (tertiary alicyclic amines) is 1. The summed E-state index contributed by atoms with van der Waals surface area (Å²) in [5.41, 5.74) is 0.516. The second-order valence-electron chi connectivity index (χ2n) is 5.76. The first-order valence-electron chi connectivity index (χ1n) is 7.60. The van der Waals surface area contributed by atoms with Crippen LogP contribution in [-0.2, 0) is 9.59 Å². The molecule has 0 bridgehead atoms. The highest BCUT2D eigenvalue weighted by Crippen LogP contribution is 2.35. The van der Waals surface area contributed by atoms with E-state index in [1.54, 1.807) is 11.8 Å². The van der Waals surface area contributed by atoms with Crippen LogP contribution < -0.4 is 9.64 Å². The summed E-state index contributed by atoms with van der Waals surface area (Å²) in [6.45, 7) is 2.98. The minimum absolute atomic E-state index is 0.0497. The Morgan fingerprint density at radius 1 is 1.30 bits per heavy atom. The van der Waals surface area contributed by atoms with E-state index in [-0.39, 0.29) is 23.9 Å². The lowest BCUT2D eigenvalue weighted by Crippen LogP contribution is -2.49. The van der Waals surface area contributed by atoms with Gasteiger partial charge < -0.3 is 14.7 Å². The van der Waals surface area contributed by atoms with Gasteiger partial charge in [-0.3, -0.25) is 14.5 Å². The van der Waals surface area contributed by atoms with Crippen LogP contribution >= 0.6 is 0 Å². The van der Waals surface area contributed by atoms with Crippen LogP contribution in [0, 0.1) is 0 Å². The summed E-state index contributed by atoms with van der Waals surface area (Å²) in [6, 6.07) is 4.30. The topological polar surface area (TPSA) is 87.2 Å². The van der Waals surface area contributed by atoms with Crippen LogP contribution in [0.3, 0.4) is 0 Å². The fraction of sp³-hybridized carbons (Fsp3) is 0.438. The molecule has 7 nitrogen and oxygen atoms in total. The first-order chi connectivity index (χ1) is 11.0. The zero-order chi connectivity index (χ0) is 16.6. The van der Waals surface area contributed by atoms with Crippen LogP contribution in [0.2, 0.25) is 0 Å². The normalized spacial score (nSPS) is 20.2. The van der Waals surface area contributed by atoms with Crippen molar-refractivity contribution in [3.8, 4) is 5.75 Å². The Bertz CT molecular complexity index is 666. The number of amides is 2. The average molecular weight is 318 g/mol. The quantitative estimate of drug-likeness (QED) is 0.902. The number of carbonyl (C=O) groups is 3. The molecule has 2 heterocycles. The zero-order valence-electron chi connectivity index (χ0n) is 12.8. The number of carboxylic acids is 1. The zero-order valence-corrected chi connectivity index (χ0v) is 12.8. The summed E-state index contributed by atoms with van der Waals surface area (Å²) in [5, 5.41) is 9.06. The molecule has 0 saturated carbocycles. The van der Waals surface area contributed by atoms with Crippen molar-refractivity contribution < 1.29 is 24.2 Å². The van der Waals surface area contributed by atoms with E-state index in [9.17, 15) is 14.4 Å². The number of carbonyl (C=O) groups excluding carboxylic acids is 2. The number of fused-ring (bicyclic) bond motifs is 1. The number of anilines is 1. The van der Waals surface area contributed by atoms with E-state index < -0.39 is 12.1 Å². The molecule has 2 amide bonds. The Kier molecular flexibility index (Phi) is 3.94. The summed E-state index contributed by atoms with van der Waals surface area (Å²) < 4.78 is 5.49. The summed E-state index contributed by atoms with van der Waals surface area (Å²) in [6.07, 6.45) is 1.22. The number of hydrogen-bond donors (Lipinski definition) is 1. The molecular formula is C16H18N2O5. The molecule has 1 fully saturated rings. The highest BCUT2D eigenvalue weighted by molar-refractivity contribution is 6.04. The average Bonchev–Trinajstić information content (AvgIpc) is 3.05. The van der Waals surface area contributed by atoms with Crippen molar-refractivity contribution in [1.82, 2.24) is 4.90 Å². The molecule has 2 aliphatic rings. The van der Waals surface area contributed by atoms with E-state index in [1.165, 1.54) is 23.1 Å². The van der Waals surface area contributed by atoms with Gasteiger partial charge in [0.25, 0.3) is 5.91 Å². The van der Waals surface area contributed by atoms with Gasteiger partial charge >= 0.3 is 5.97 Å². The van der Waals surface area contributed by atoms with Gasteiger partial charge in [0.1, 0.15) is 12.3 Å². The SMILES string of the molecule is CC1Oc2cc(C(=O)O)ccc2N(CC(=O)N2CCCC2)C1=O. The summed E-state index contributed by atoms with van der Waals surface area (Å²) in [5.74, 6) is -1.15. The molecule has 0 aromatic heterocycles. The van der Waals surface area contributed by atoms with Gasteiger partial charge in [-0.2, -0.15) is 0 Å². The van der Waals surface area contributed by atoms with Crippen molar-refractivity contribution in [3.63, 3.8) is 0 Å². The Hall–Kier alpha value is -2.57. The van der Waals surface area contributed by atoms with Crippen molar-refractivity contribution in [2.45, 2.75) is 25.9 Å². The molecule has 3 rings (SSSR count). The molecule has 1 unspecified atom stereocenters. The van der Waals surface area contributed by atoms with Crippen molar-refractivity contribution >= 4 is 23.5 Å². The van der Waals surface area contributed by atoms with Gasteiger partial charge in [-0.15, -0.1) is 0 Å². The van der Waals surface area contributed by atoms with E-state index >= 15 is 0 Å². The van der Waals surface area contributed by atoms with Crippen LogP contribution in [0.25, 0.3) is 0 Å². The molecule has 1 aromatic rings. The van der Waals surface area contributed by atoms with Crippen molar-refractivity contribution in [2.24, 2.45) is 0 Å². The van der Waals surface area contributed by atoms with Gasteiger partial charge in [-0.25, -0.2) is 4.79 Å². The molecule has 7 heteroatoms. The standard InChI is InChI=1S/C16H18N2O5/c1-10-15(20)18(9-14(19)17-6-2-3-7-17)12-5-4-11(16(21)22)8-13(12)23-10/h4-5,8,10H,2-3,6-7,9H2,1H3,(H,21,22). The number of benzene rings is 1. The lowest BCUT2D eigenvalue weighted by Gasteiger charge is -2.33. The highest BCUT2D eigenvalue weighted by Gasteiger charge is 2.34. The highest BCUT2D eigenvalue weighted by atomic mass is 16.5. The minimum Gasteiger partial charge on any atom is -0.479 e. The van der Waals surface area contributed by atoms with Gasteiger partial charge in [0.15, 0.2) is 6.10 Å². The summed E-state index contributed by atoms with van der Waals surface area (Å²) in [7, 11) is 0. The number of rotatable bonds is 3. The monoisotopic (exact) mass is 318 g/mol. The van der Waals surface area contributed by atoms with Gasteiger partial charge in [0, 0.05) is 13.1 Å². The van der Waals surface area contributed by atoms with E-state index in [1.807, 2.05) is 0 Å². The smallest absolute Gasteiger partial charge is 0.335 e. The number of aromatic carboxylic acids is 1. The molecule has 23 heavy (non-hydrogen) atoms. The molecule has 122 valence electrons. The minimum atomic E-state index is -1.07. The van der Waals surface area contributed by atoms with Crippen LogP contribution in [0.4, 0.5) is 5.69 Å². The second-order valence-corrected chi connectivity index (χ2v) is 5.76. The molecule has 0 radical (unpaired) electrons. The third-order valence-electron chi connectivity index (χ3n) is 4.17. The Balaban J connectivity index is 1.89. The summed E-state index contributed by atoms with van der Waals surface area (Å²) >= 11 is 0. The first-order valence-corrected chi connectivity index (χ1v) is 7.60. The number of nitrogens with zero attached hydrogens (tertiary/aromatic N) is 2. The molecule has 0 aliphatic carbocycles. The number of carboxylic acid groups (broad SMARTS) is 1. The Morgan fingerprint density at radius 3 is 2.65 bits per heavy atom. The fourth-order valence-electron chi connectivity index (χ4n) is 2.91. The number of ether oxygens (including phenoxy) is 1. The van der Waals surface area contributed by atoms with Crippen LogP contribution in [0.1, 0.15) is 30.1 Å². The maximum Gasteiger partial charge on any atom is 0.335 e. The maximum atomic E-state index is 12.4. The van der Waals surface area contributed by atoms with E-state index in [0.29, 0.717) is 11.4 Å². The van der Waals surface area contributed by atoms with Crippen molar-refractivity contribution in [1.29, 1.82) is 0 Å².